The van der Waals surface area contributed by atoms with Crippen molar-refractivity contribution in [3.8, 4) is 0 Å². The molecule has 0 aliphatic rings. The Kier molecular flexibility index (Phi) is 1.95. The van der Waals surface area contributed by atoms with Crippen LogP contribution in [-0.4, -0.2) is 25.8 Å². The van der Waals surface area contributed by atoms with Crippen molar-refractivity contribution in [1.82, 2.24) is 19.5 Å². The zero-order valence-corrected chi connectivity index (χ0v) is 8.59. The summed E-state index contributed by atoms with van der Waals surface area (Å²) in [5.74, 6) is 0. The van der Waals surface area contributed by atoms with Crippen molar-refractivity contribution in [2.24, 2.45) is 7.05 Å². The van der Waals surface area contributed by atoms with Crippen LogP contribution in [0.5, 0.6) is 0 Å². The monoisotopic (exact) mass is 194 g/mol. The van der Waals surface area contributed by atoms with Gasteiger partial charge in [-0.25, -0.2) is 15.0 Å². The minimum absolute atomic E-state index is 0.800. The fourth-order valence-corrected chi connectivity index (χ4v) is 1.62. The molecule has 0 saturated carbocycles. The summed E-state index contributed by atoms with van der Waals surface area (Å²) in [7, 11) is 1.94. The predicted molar refractivity (Wildman–Crippen MR) is 52.8 cm³/mol. The molecule has 0 aliphatic carbocycles. The van der Waals surface area contributed by atoms with Gasteiger partial charge in [0.05, 0.1) is 12.0 Å². The van der Waals surface area contributed by atoms with Gasteiger partial charge in [-0.15, -0.1) is 0 Å². The molecule has 68 valence electrons. The first-order chi connectivity index (χ1) is 6.22. The molecule has 2 aromatic heterocycles. The van der Waals surface area contributed by atoms with E-state index in [-0.39, 0.29) is 0 Å². The second-order valence-corrected chi connectivity index (χ2v) is 3.60. The van der Waals surface area contributed by atoms with Crippen LogP contribution in [0.2, 0.25) is 0 Å². The van der Waals surface area contributed by atoms with Gasteiger partial charge in [-0.3, -0.25) is 0 Å². The van der Waals surface area contributed by atoms with Crippen LogP contribution in [0.15, 0.2) is 11.5 Å². The first-order valence-corrected chi connectivity index (χ1v) is 5.14. The van der Waals surface area contributed by atoms with Gasteiger partial charge in [-0.05, 0) is 13.2 Å². The quantitative estimate of drug-likeness (QED) is 0.508. The van der Waals surface area contributed by atoms with Crippen LogP contribution >= 0.6 is 11.8 Å². The summed E-state index contributed by atoms with van der Waals surface area (Å²) >= 11 is 1.55. The molecule has 0 atom stereocenters. The van der Waals surface area contributed by atoms with E-state index >= 15 is 0 Å². The van der Waals surface area contributed by atoms with Crippen molar-refractivity contribution in [3.63, 3.8) is 0 Å². The third kappa shape index (κ3) is 1.29. The highest BCUT2D eigenvalue weighted by molar-refractivity contribution is 7.98. The van der Waals surface area contributed by atoms with Crippen LogP contribution in [0.3, 0.4) is 0 Å². The smallest absolute Gasteiger partial charge is 0.189 e. The van der Waals surface area contributed by atoms with Crippen molar-refractivity contribution >= 4 is 22.9 Å². The molecule has 2 heterocycles. The van der Waals surface area contributed by atoms with Gasteiger partial charge in [-0.1, -0.05) is 11.8 Å². The maximum absolute atomic E-state index is 4.37. The van der Waals surface area contributed by atoms with E-state index in [4.69, 9.17) is 0 Å². The fourth-order valence-electron chi connectivity index (χ4n) is 1.21. The Hall–Kier alpha value is -1.10. The molecule has 0 aliphatic heterocycles. The number of fused-ring (bicyclic) bond motifs is 1. The van der Waals surface area contributed by atoms with E-state index in [9.17, 15) is 0 Å². The number of aromatic nitrogens is 4. The molecule has 0 saturated heterocycles. The number of imidazole rings is 1. The third-order valence-electron chi connectivity index (χ3n) is 1.90. The first-order valence-electron chi connectivity index (χ1n) is 3.92. The van der Waals surface area contributed by atoms with E-state index in [1.54, 1.807) is 18.1 Å². The highest BCUT2D eigenvalue weighted by atomic mass is 32.2. The molecule has 0 N–H and O–H groups in total. The van der Waals surface area contributed by atoms with Crippen LogP contribution in [-0.2, 0) is 7.05 Å². The third-order valence-corrected chi connectivity index (χ3v) is 2.44. The highest BCUT2D eigenvalue weighted by Gasteiger charge is 2.07. The summed E-state index contributed by atoms with van der Waals surface area (Å²) in [6.45, 7) is 1.96. The lowest BCUT2D eigenvalue weighted by Crippen LogP contribution is -1.94. The van der Waals surface area contributed by atoms with Crippen LogP contribution in [0.25, 0.3) is 11.2 Å². The molecule has 0 bridgehead atoms. The Bertz CT molecular complexity index is 449. The molecule has 0 amide bonds. The number of thioether (sulfide) groups is 1. The molecule has 0 unspecified atom stereocenters. The summed E-state index contributed by atoms with van der Waals surface area (Å²) in [6.07, 6.45) is 3.73. The SMILES string of the molecule is CSc1nc(C)c2ncn(C)c2n1. The molecule has 2 aromatic rings. The molecule has 13 heavy (non-hydrogen) atoms. The van der Waals surface area contributed by atoms with Gasteiger partial charge in [0.2, 0.25) is 0 Å². The maximum Gasteiger partial charge on any atom is 0.189 e. The molecule has 2 rings (SSSR count). The molecule has 4 nitrogen and oxygen atoms in total. The van der Waals surface area contributed by atoms with Gasteiger partial charge in [-0.2, -0.15) is 0 Å². The van der Waals surface area contributed by atoms with Gasteiger partial charge in [0.25, 0.3) is 0 Å². The van der Waals surface area contributed by atoms with Crippen molar-refractivity contribution in [2.75, 3.05) is 6.26 Å². The minimum Gasteiger partial charge on any atom is -0.318 e. The largest absolute Gasteiger partial charge is 0.318 e. The number of hydrogen-bond donors (Lipinski definition) is 0. The second-order valence-electron chi connectivity index (χ2n) is 2.82. The summed E-state index contributed by atoms with van der Waals surface area (Å²) in [4.78, 5) is 12.9. The van der Waals surface area contributed by atoms with Crippen LogP contribution in [0.1, 0.15) is 5.69 Å². The molecular formula is C8H10N4S. The first kappa shape index (κ1) is 8.50. The molecule has 5 heteroatoms. The summed E-state index contributed by atoms with van der Waals surface area (Å²) < 4.78 is 1.91. The van der Waals surface area contributed by atoms with Crippen molar-refractivity contribution < 1.29 is 0 Å². The summed E-state index contributed by atoms with van der Waals surface area (Å²) in [6, 6.07) is 0. The van der Waals surface area contributed by atoms with E-state index in [1.807, 2.05) is 24.8 Å². The van der Waals surface area contributed by atoms with Crippen LogP contribution in [0, 0.1) is 6.92 Å². The number of hydrogen-bond acceptors (Lipinski definition) is 4. The van der Waals surface area contributed by atoms with Gasteiger partial charge in [0.1, 0.15) is 5.52 Å². The van der Waals surface area contributed by atoms with Crippen LogP contribution < -0.4 is 0 Å². The molecular weight excluding hydrogens is 184 g/mol. The van der Waals surface area contributed by atoms with Gasteiger partial charge in [0, 0.05) is 7.05 Å². The zero-order chi connectivity index (χ0) is 9.42. The molecule has 0 spiro atoms. The Labute approximate surface area is 80.4 Å². The minimum atomic E-state index is 0.800. The average molecular weight is 194 g/mol. The van der Waals surface area contributed by atoms with Gasteiger partial charge >= 0.3 is 0 Å². The molecule has 0 fully saturated rings. The normalized spacial score (nSPS) is 11.0. The topological polar surface area (TPSA) is 43.6 Å². The van der Waals surface area contributed by atoms with Gasteiger partial charge < -0.3 is 4.57 Å². The van der Waals surface area contributed by atoms with E-state index in [0.717, 1.165) is 22.0 Å². The predicted octanol–water partition coefficient (Wildman–Crippen LogP) is 1.39. The van der Waals surface area contributed by atoms with E-state index in [1.165, 1.54) is 0 Å². The van der Waals surface area contributed by atoms with Gasteiger partial charge in [0.15, 0.2) is 10.8 Å². The lowest BCUT2D eigenvalue weighted by Gasteiger charge is -1.99. The van der Waals surface area contributed by atoms with Crippen molar-refractivity contribution in [3.05, 3.63) is 12.0 Å². The molecule has 0 radical (unpaired) electrons. The average Bonchev–Trinajstić information content (AvgIpc) is 2.48. The standard InChI is InChI=1S/C8H10N4S/c1-5-6-7(12(2)4-9-6)11-8(10-5)13-3/h4H,1-3H3. The highest BCUT2D eigenvalue weighted by Crippen LogP contribution is 2.16. The Balaban J connectivity index is 2.80. The maximum atomic E-state index is 4.37. The second kappa shape index (κ2) is 2.99. The van der Waals surface area contributed by atoms with E-state index in [2.05, 4.69) is 15.0 Å². The lowest BCUT2D eigenvalue weighted by molar-refractivity contribution is 0.894. The number of rotatable bonds is 1. The Morgan fingerprint density at radius 3 is 2.85 bits per heavy atom. The van der Waals surface area contributed by atoms with E-state index < -0.39 is 0 Å². The van der Waals surface area contributed by atoms with E-state index in [0.29, 0.717) is 0 Å². The summed E-state index contributed by atoms with van der Waals surface area (Å²) in [5, 5.41) is 0.800. The zero-order valence-electron chi connectivity index (χ0n) is 7.77. The lowest BCUT2D eigenvalue weighted by atomic mass is 10.4. The van der Waals surface area contributed by atoms with Crippen LogP contribution in [0.4, 0.5) is 0 Å². The Morgan fingerprint density at radius 2 is 2.15 bits per heavy atom. The number of aryl methyl sites for hydroxylation is 2. The van der Waals surface area contributed by atoms with Crippen molar-refractivity contribution in [1.29, 1.82) is 0 Å². The number of nitrogens with zero attached hydrogens (tertiary/aromatic N) is 4. The fraction of sp³-hybridized carbons (Fsp3) is 0.375. The summed E-state index contributed by atoms with van der Waals surface area (Å²) in [5.41, 5.74) is 2.73. The Morgan fingerprint density at radius 1 is 1.38 bits per heavy atom. The molecule has 0 aromatic carbocycles. The van der Waals surface area contributed by atoms with Crippen molar-refractivity contribution in [2.45, 2.75) is 12.1 Å².